The molecule has 25 heavy (non-hydrogen) atoms. The molecule has 2 rings (SSSR count). The predicted octanol–water partition coefficient (Wildman–Crippen LogP) is 1.53. The summed E-state index contributed by atoms with van der Waals surface area (Å²) < 4.78 is 5.23. The first-order valence-corrected chi connectivity index (χ1v) is 8.60. The van der Waals surface area contributed by atoms with E-state index in [1.165, 1.54) is 0 Å². The highest BCUT2D eigenvalue weighted by atomic mass is 127. The van der Waals surface area contributed by atoms with Crippen molar-refractivity contribution in [3.63, 3.8) is 0 Å². The van der Waals surface area contributed by atoms with Gasteiger partial charge in [-0.3, -0.25) is 9.79 Å². The van der Waals surface area contributed by atoms with E-state index in [1.54, 1.807) is 4.90 Å². The van der Waals surface area contributed by atoms with Gasteiger partial charge in [0.15, 0.2) is 11.8 Å². The van der Waals surface area contributed by atoms with Crippen LogP contribution in [0.25, 0.3) is 0 Å². The molecule has 0 aromatic carbocycles. The van der Waals surface area contributed by atoms with Crippen LogP contribution in [-0.2, 0) is 11.2 Å². The van der Waals surface area contributed by atoms with Gasteiger partial charge in [-0.2, -0.15) is 4.98 Å². The van der Waals surface area contributed by atoms with Crippen LogP contribution in [0, 0.1) is 0 Å². The summed E-state index contributed by atoms with van der Waals surface area (Å²) >= 11 is 0. The number of aliphatic imine (C=N–C) groups is 1. The number of nitrogens with one attached hydrogen (secondary N) is 2. The van der Waals surface area contributed by atoms with Crippen LogP contribution in [0.5, 0.6) is 0 Å². The van der Waals surface area contributed by atoms with Gasteiger partial charge in [0.05, 0.1) is 6.54 Å². The second kappa shape index (κ2) is 10.6. The number of halogens is 1. The molecule has 1 aliphatic heterocycles. The summed E-state index contributed by atoms with van der Waals surface area (Å²) in [6.45, 7) is 8.14. The lowest BCUT2D eigenvalue weighted by Gasteiger charge is -2.31. The maximum Gasteiger partial charge on any atom is 0.228 e. The first-order valence-electron chi connectivity index (χ1n) is 8.60. The number of amides is 1. The average molecular weight is 464 g/mol. The minimum Gasteiger partial charge on any atom is -0.357 e. The summed E-state index contributed by atoms with van der Waals surface area (Å²) in [6.07, 6.45) is 2.02. The summed E-state index contributed by atoms with van der Waals surface area (Å²) in [4.78, 5) is 22.2. The third-order valence-corrected chi connectivity index (χ3v) is 3.91. The zero-order valence-corrected chi connectivity index (χ0v) is 17.7. The molecule has 1 unspecified atom stereocenters. The zero-order valence-electron chi connectivity index (χ0n) is 15.4. The molecule has 1 fully saturated rings. The number of carbonyl (C=O) groups is 1. The lowest BCUT2D eigenvalue weighted by atomic mass is 10.1. The molecule has 0 radical (unpaired) electrons. The lowest BCUT2D eigenvalue weighted by Crippen LogP contribution is -2.51. The zero-order chi connectivity index (χ0) is 17.5. The number of hydrogen-bond donors (Lipinski definition) is 2. The van der Waals surface area contributed by atoms with Gasteiger partial charge >= 0.3 is 0 Å². The van der Waals surface area contributed by atoms with Gasteiger partial charge in [0.2, 0.25) is 11.8 Å². The monoisotopic (exact) mass is 464 g/mol. The van der Waals surface area contributed by atoms with Crippen LogP contribution in [0.4, 0.5) is 0 Å². The van der Waals surface area contributed by atoms with E-state index in [1.807, 2.05) is 27.8 Å². The minimum absolute atomic E-state index is 0. The van der Waals surface area contributed by atoms with Crippen molar-refractivity contribution in [3.05, 3.63) is 11.7 Å². The van der Waals surface area contributed by atoms with Crippen molar-refractivity contribution in [2.24, 2.45) is 4.99 Å². The van der Waals surface area contributed by atoms with Gasteiger partial charge in [-0.05, 0) is 13.3 Å². The topological polar surface area (TPSA) is 95.6 Å². The molecule has 8 nitrogen and oxygen atoms in total. The second-order valence-corrected chi connectivity index (χ2v) is 6.37. The van der Waals surface area contributed by atoms with Gasteiger partial charge in [0.25, 0.3) is 0 Å². The third kappa shape index (κ3) is 6.79. The molecule has 1 amide bonds. The molecule has 2 N–H and O–H groups in total. The van der Waals surface area contributed by atoms with Crippen LogP contribution in [0.3, 0.4) is 0 Å². The molecule has 1 saturated heterocycles. The molecular formula is C16H29IN6O2. The molecule has 1 aromatic rings. The SMILES string of the molecule is CCNC(=NCCc1nc(C(C)C)no1)NC1CCC(=O)N(C)C1.I. The Kier molecular flexibility index (Phi) is 9.15. The largest absolute Gasteiger partial charge is 0.357 e. The predicted molar refractivity (Wildman–Crippen MR) is 107 cm³/mol. The summed E-state index contributed by atoms with van der Waals surface area (Å²) in [5.74, 6) is 2.56. The van der Waals surface area contributed by atoms with Gasteiger partial charge < -0.3 is 20.1 Å². The fourth-order valence-corrected chi connectivity index (χ4v) is 2.51. The van der Waals surface area contributed by atoms with Crippen molar-refractivity contribution in [2.75, 3.05) is 26.7 Å². The van der Waals surface area contributed by atoms with E-state index >= 15 is 0 Å². The molecule has 1 aromatic heterocycles. The van der Waals surface area contributed by atoms with Crippen molar-refractivity contribution in [1.82, 2.24) is 25.7 Å². The molecule has 2 heterocycles. The number of hydrogen-bond acceptors (Lipinski definition) is 5. The van der Waals surface area contributed by atoms with Gasteiger partial charge in [-0.25, -0.2) is 0 Å². The lowest BCUT2D eigenvalue weighted by molar-refractivity contribution is -0.132. The molecule has 0 spiro atoms. The van der Waals surface area contributed by atoms with E-state index in [-0.39, 0.29) is 41.8 Å². The van der Waals surface area contributed by atoms with Crippen molar-refractivity contribution >= 4 is 35.8 Å². The number of nitrogens with zero attached hydrogens (tertiary/aromatic N) is 4. The molecular weight excluding hydrogens is 435 g/mol. The fourth-order valence-electron chi connectivity index (χ4n) is 2.51. The minimum atomic E-state index is 0. The van der Waals surface area contributed by atoms with Gasteiger partial charge in [-0.15, -0.1) is 24.0 Å². The summed E-state index contributed by atoms with van der Waals surface area (Å²) in [6, 6.07) is 0.224. The first-order chi connectivity index (χ1) is 11.5. The number of likely N-dealkylation sites (tertiary alicyclic amines) is 1. The van der Waals surface area contributed by atoms with E-state index in [9.17, 15) is 4.79 Å². The van der Waals surface area contributed by atoms with Crippen LogP contribution < -0.4 is 10.6 Å². The van der Waals surface area contributed by atoms with Crippen LogP contribution in [0.2, 0.25) is 0 Å². The highest BCUT2D eigenvalue weighted by molar-refractivity contribution is 14.0. The Balaban J connectivity index is 0.00000312. The Morgan fingerprint density at radius 3 is 2.84 bits per heavy atom. The van der Waals surface area contributed by atoms with Gasteiger partial charge in [0.1, 0.15) is 0 Å². The Bertz CT molecular complexity index is 575. The third-order valence-electron chi connectivity index (χ3n) is 3.91. The van der Waals surface area contributed by atoms with E-state index < -0.39 is 0 Å². The Morgan fingerprint density at radius 2 is 2.24 bits per heavy atom. The molecule has 0 aliphatic carbocycles. The molecule has 0 saturated carbocycles. The molecule has 1 atom stereocenters. The van der Waals surface area contributed by atoms with Crippen LogP contribution in [-0.4, -0.2) is 59.6 Å². The van der Waals surface area contributed by atoms with Crippen molar-refractivity contribution < 1.29 is 9.32 Å². The normalized spacial score (nSPS) is 18.3. The van der Waals surface area contributed by atoms with Crippen LogP contribution in [0.1, 0.15) is 51.2 Å². The molecule has 0 bridgehead atoms. The standard InChI is InChI=1S/C16H28N6O2.HI/c1-5-17-16(19-12-6-7-14(23)22(4)10-12)18-9-8-13-20-15(11(2)3)21-24-13;/h11-12H,5-10H2,1-4H3,(H2,17,18,19);1H. The van der Waals surface area contributed by atoms with Gasteiger partial charge in [0, 0.05) is 44.9 Å². The van der Waals surface area contributed by atoms with Crippen molar-refractivity contribution in [3.8, 4) is 0 Å². The van der Waals surface area contributed by atoms with Crippen molar-refractivity contribution in [1.29, 1.82) is 0 Å². The molecule has 142 valence electrons. The van der Waals surface area contributed by atoms with Crippen LogP contribution in [0.15, 0.2) is 9.52 Å². The maximum atomic E-state index is 11.6. The number of guanidine groups is 1. The van der Waals surface area contributed by atoms with Gasteiger partial charge in [-0.1, -0.05) is 19.0 Å². The highest BCUT2D eigenvalue weighted by Gasteiger charge is 2.23. The fraction of sp³-hybridized carbons (Fsp3) is 0.750. The first kappa shape index (κ1) is 21.7. The van der Waals surface area contributed by atoms with E-state index in [4.69, 9.17) is 4.52 Å². The van der Waals surface area contributed by atoms with Crippen molar-refractivity contribution in [2.45, 2.75) is 52.0 Å². The molecule has 1 aliphatic rings. The second-order valence-electron chi connectivity index (χ2n) is 6.37. The summed E-state index contributed by atoms with van der Waals surface area (Å²) in [5.41, 5.74) is 0. The Morgan fingerprint density at radius 1 is 1.48 bits per heavy atom. The number of rotatable bonds is 6. The van der Waals surface area contributed by atoms with E-state index in [0.29, 0.717) is 31.8 Å². The maximum absolute atomic E-state index is 11.6. The summed E-state index contributed by atoms with van der Waals surface area (Å²) in [7, 11) is 1.84. The Labute approximate surface area is 166 Å². The highest BCUT2D eigenvalue weighted by Crippen LogP contribution is 2.10. The van der Waals surface area contributed by atoms with Crippen LogP contribution >= 0.6 is 24.0 Å². The smallest absolute Gasteiger partial charge is 0.228 e. The van der Waals surface area contributed by atoms with E-state index in [0.717, 1.165) is 24.7 Å². The van der Waals surface area contributed by atoms with E-state index in [2.05, 4.69) is 25.8 Å². The average Bonchev–Trinajstić information content (AvgIpc) is 3.00. The number of piperidine rings is 1. The quantitative estimate of drug-likeness (QED) is 0.377. The summed E-state index contributed by atoms with van der Waals surface area (Å²) in [5, 5.41) is 10.6. The number of carbonyl (C=O) groups excluding carboxylic acids is 1. The molecule has 9 heteroatoms. The Hall–Kier alpha value is -1.39. The number of likely N-dealkylation sites (N-methyl/N-ethyl adjacent to an activating group) is 1. The number of aromatic nitrogens is 2.